The molecule has 3 nitrogen and oxygen atoms in total. The van der Waals surface area contributed by atoms with Gasteiger partial charge in [0.25, 0.3) is 0 Å². The first kappa shape index (κ1) is 35.0. The van der Waals surface area contributed by atoms with Crippen LogP contribution in [0.2, 0.25) is 0 Å². The standard InChI is InChI=1S/C54H43N3S/c1-52(2)44-25-14-20-37(48(44)57-49(52)40-22-13-19-34-16-7-8-21-39(34)40)32-53(3)42-23-9-11-26-45(42)55-50(53)41-31-36-18-6-5-17-35(36)30-38(41)33-54(4)43-24-10-12-27-46(43)56-51(54)47-28-15-29-58-47/h5-31H,32-33H2,1-4H3. The van der Waals surface area contributed by atoms with E-state index in [0.29, 0.717) is 0 Å². The molecule has 8 aromatic rings. The van der Waals surface area contributed by atoms with Crippen molar-refractivity contribution in [2.24, 2.45) is 15.0 Å². The summed E-state index contributed by atoms with van der Waals surface area (Å²) in [7, 11) is 0. The van der Waals surface area contributed by atoms with E-state index in [-0.39, 0.29) is 10.8 Å². The van der Waals surface area contributed by atoms with Gasteiger partial charge in [-0.2, -0.15) is 0 Å². The summed E-state index contributed by atoms with van der Waals surface area (Å²) in [6, 6.07) is 57.6. The van der Waals surface area contributed by atoms with Crippen molar-refractivity contribution in [3.8, 4) is 0 Å². The summed E-state index contributed by atoms with van der Waals surface area (Å²) in [6.07, 6.45) is 1.56. The van der Waals surface area contributed by atoms with Crippen molar-refractivity contribution in [1.82, 2.24) is 0 Å². The Morgan fingerprint density at radius 1 is 0.448 bits per heavy atom. The quantitative estimate of drug-likeness (QED) is 0.155. The van der Waals surface area contributed by atoms with E-state index in [1.165, 1.54) is 65.4 Å². The number of benzene rings is 7. The second-order valence-corrected chi connectivity index (χ2v) is 18.2. The molecule has 4 heteroatoms. The molecule has 1 aromatic heterocycles. The van der Waals surface area contributed by atoms with Crippen LogP contribution in [0.4, 0.5) is 17.1 Å². The topological polar surface area (TPSA) is 37.1 Å². The van der Waals surface area contributed by atoms with Crippen LogP contribution < -0.4 is 0 Å². The second kappa shape index (κ2) is 12.9. The number of rotatable bonds is 7. The third-order valence-electron chi connectivity index (χ3n) is 13.2. The molecule has 11 rings (SSSR count). The van der Waals surface area contributed by atoms with Gasteiger partial charge in [0.15, 0.2) is 0 Å². The third-order valence-corrected chi connectivity index (χ3v) is 14.1. The largest absolute Gasteiger partial charge is 0.252 e. The van der Waals surface area contributed by atoms with Crippen molar-refractivity contribution in [1.29, 1.82) is 0 Å². The van der Waals surface area contributed by atoms with E-state index >= 15 is 0 Å². The van der Waals surface area contributed by atoms with Gasteiger partial charge in [0, 0.05) is 32.2 Å². The number of para-hydroxylation sites is 3. The minimum atomic E-state index is -0.427. The third kappa shape index (κ3) is 5.21. The average molecular weight is 766 g/mol. The van der Waals surface area contributed by atoms with E-state index in [9.17, 15) is 0 Å². The zero-order valence-electron chi connectivity index (χ0n) is 33.3. The molecule has 2 unspecified atom stereocenters. The molecule has 0 N–H and O–H groups in total. The van der Waals surface area contributed by atoms with Crippen LogP contribution in [0.3, 0.4) is 0 Å². The Labute approximate surface area is 344 Å². The minimum Gasteiger partial charge on any atom is -0.252 e. The van der Waals surface area contributed by atoms with E-state index in [0.717, 1.165) is 47.0 Å². The van der Waals surface area contributed by atoms with E-state index in [1.54, 1.807) is 11.3 Å². The minimum absolute atomic E-state index is 0.263. The molecule has 0 saturated carbocycles. The normalized spacial score (nSPS) is 20.1. The Morgan fingerprint density at radius 3 is 1.78 bits per heavy atom. The van der Waals surface area contributed by atoms with Gasteiger partial charge < -0.3 is 0 Å². The van der Waals surface area contributed by atoms with Crippen LogP contribution in [-0.4, -0.2) is 17.1 Å². The Hall–Kier alpha value is -6.23. The van der Waals surface area contributed by atoms with Crippen molar-refractivity contribution in [3.05, 3.63) is 207 Å². The lowest BCUT2D eigenvalue weighted by atomic mass is 9.69. The van der Waals surface area contributed by atoms with Crippen LogP contribution >= 0.6 is 11.3 Å². The first-order chi connectivity index (χ1) is 28.2. The first-order valence-corrected chi connectivity index (χ1v) is 21.2. The van der Waals surface area contributed by atoms with Crippen LogP contribution in [0.25, 0.3) is 21.5 Å². The highest BCUT2D eigenvalue weighted by Crippen LogP contribution is 2.51. The van der Waals surface area contributed by atoms with Crippen LogP contribution in [0.15, 0.2) is 178 Å². The molecule has 0 fully saturated rings. The zero-order chi connectivity index (χ0) is 39.2. The number of aliphatic imine (C=N–C) groups is 3. The summed E-state index contributed by atoms with van der Waals surface area (Å²) in [4.78, 5) is 17.8. The van der Waals surface area contributed by atoms with Gasteiger partial charge in [-0.3, -0.25) is 15.0 Å². The first-order valence-electron chi connectivity index (χ1n) is 20.4. The van der Waals surface area contributed by atoms with Crippen LogP contribution in [0.1, 0.15) is 71.5 Å². The molecule has 4 heterocycles. The highest BCUT2D eigenvalue weighted by Gasteiger charge is 2.45. The van der Waals surface area contributed by atoms with Gasteiger partial charge in [0.05, 0.1) is 34.2 Å². The summed E-state index contributed by atoms with van der Waals surface area (Å²) in [5, 5.41) is 7.10. The van der Waals surface area contributed by atoms with Gasteiger partial charge in [-0.15, -0.1) is 11.3 Å². The van der Waals surface area contributed by atoms with Gasteiger partial charge in [-0.1, -0.05) is 147 Å². The van der Waals surface area contributed by atoms with E-state index in [4.69, 9.17) is 15.0 Å². The molecular formula is C54H43N3S. The van der Waals surface area contributed by atoms with Crippen LogP contribution in [0, 0.1) is 0 Å². The lowest BCUT2D eigenvalue weighted by molar-refractivity contribution is 0.637. The molecular weight excluding hydrogens is 723 g/mol. The van der Waals surface area contributed by atoms with Crippen molar-refractivity contribution in [2.45, 2.75) is 56.8 Å². The number of thiophene rings is 1. The summed E-state index contributed by atoms with van der Waals surface area (Å²) < 4.78 is 0. The molecule has 0 amide bonds. The van der Waals surface area contributed by atoms with Crippen molar-refractivity contribution in [2.75, 3.05) is 0 Å². The lowest BCUT2D eigenvalue weighted by Crippen LogP contribution is -2.36. The number of hydrogen-bond donors (Lipinski definition) is 0. The molecule has 2 atom stereocenters. The van der Waals surface area contributed by atoms with Crippen molar-refractivity contribution < 1.29 is 0 Å². The molecule has 0 spiro atoms. The zero-order valence-corrected chi connectivity index (χ0v) is 34.1. The Morgan fingerprint density at radius 2 is 1.03 bits per heavy atom. The number of hydrogen-bond acceptors (Lipinski definition) is 4. The van der Waals surface area contributed by atoms with E-state index < -0.39 is 5.41 Å². The SMILES string of the molecule is CC1(C)C(c2cccc3ccccc23)=Nc2c(CC3(C)C(c4cc5ccccc5cc4CC4(C)C(c5cccs5)=Nc5ccccc54)=Nc4ccccc43)cccc21. The Bertz CT molecular complexity index is 3070. The van der Waals surface area contributed by atoms with Crippen molar-refractivity contribution >= 4 is 67.1 Å². The molecule has 0 radical (unpaired) electrons. The van der Waals surface area contributed by atoms with Gasteiger partial charge in [-0.05, 0) is 106 Å². The predicted molar refractivity (Wildman–Crippen MR) is 245 cm³/mol. The highest BCUT2D eigenvalue weighted by atomic mass is 32.1. The summed E-state index contributed by atoms with van der Waals surface area (Å²) in [5.41, 5.74) is 14.3. The monoisotopic (exact) mass is 765 g/mol. The maximum Gasteiger partial charge on any atom is 0.0707 e. The fourth-order valence-electron chi connectivity index (χ4n) is 10.3. The summed E-state index contributed by atoms with van der Waals surface area (Å²) in [6.45, 7) is 9.47. The van der Waals surface area contributed by atoms with Gasteiger partial charge in [0.1, 0.15) is 0 Å². The Balaban J connectivity index is 1.07. The molecule has 0 aliphatic carbocycles. The molecule has 0 bridgehead atoms. The smallest absolute Gasteiger partial charge is 0.0707 e. The molecule has 7 aromatic carbocycles. The number of nitrogens with zero attached hydrogens (tertiary/aromatic N) is 3. The van der Waals surface area contributed by atoms with Gasteiger partial charge >= 0.3 is 0 Å². The predicted octanol–water partition coefficient (Wildman–Crippen LogP) is 13.7. The summed E-state index contributed by atoms with van der Waals surface area (Å²) >= 11 is 1.77. The van der Waals surface area contributed by atoms with Gasteiger partial charge in [-0.25, -0.2) is 0 Å². The van der Waals surface area contributed by atoms with E-state index in [1.807, 2.05) is 0 Å². The lowest BCUT2D eigenvalue weighted by Gasteiger charge is -2.32. The summed E-state index contributed by atoms with van der Waals surface area (Å²) in [5.74, 6) is 0. The van der Waals surface area contributed by atoms with Gasteiger partial charge in [0.2, 0.25) is 0 Å². The number of fused-ring (bicyclic) bond motifs is 5. The van der Waals surface area contributed by atoms with Crippen LogP contribution in [-0.2, 0) is 29.1 Å². The highest BCUT2D eigenvalue weighted by molar-refractivity contribution is 7.12. The fraction of sp³-hybridized carbons (Fsp3) is 0.167. The molecule has 3 aliphatic rings. The second-order valence-electron chi connectivity index (χ2n) is 17.2. The van der Waals surface area contributed by atoms with Crippen molar-refractivity contribution in [3.63, 3.8) is 0 Å². The fourth-order valence-corrected chi connectivity index (χ4v) is 11.1. The van der Waals surface area contributed by atoms with Crippen LogP contribution in [0.5, 0.6) is 0 Å². The average Bonchev–Trinajstić information content (AvgIpc) is 4.01. The molecule has 280 valence electrons. The maximum atomic E-state index is 5.62. The maximum absolute atomic E-state index is 5.62. The Kier molecular flexibility index (Phi) is 7.77. The molecule has 58 heavy (non-hydrogen) atoms. The van der Waals surface area contributed by atoms with E-state index in [2.05, 4.69) is 191 Å². The molecule has 0 saturated heterocycles. The molecule has 3 aliphatic heterocycles.